The Labute approximate surface area is 104 Å². The van der Waals surface area contributed by atoms with Crippen LogP contribution < -0.4 is 5.32 Å². The average molecular weight is 245 g/mol. The fourth-order valence-corrected chi connectivity index (χ4v) is 2.56. The first kappa shape index (κ1) is 14.9. The largest absolute Gasteiger partial charge is 0.394 e. The summed E-state index contributed by atoms with van der Waals surface area (Å²) in [6, 6.07) is 0. The Morgan fingerprint density at radius 3 is 2.29 bits per heavy atom. The molecular weight excluding hydrogens is 218 g/mol. The van der Waals surface area contributed by atoms with E-state index in [9.17, 15) is 15.3 Å². The van der Waals surface area contributed by atoms with Crippen LogP contribution in [0.2, 0.25) is 0 Å². The third-order valence-electron chi connectivity index (χ3n) is 4.07. The van der Waals surface area contributed by atoms with Gasteiger partial charge in [-0.2, -0.15) is 0 Å². The summed E-state index contributed by atoms with van der Waals surface area (Å²) in [5, 5.41) is 31.6. The van der Waals surface area contributed by atoms with Gasteiger partial charge in [-0.05, 0) is 18.8 Å². The summed E-state index contributed by atoms with van der Waals surface area (Å²) in [5.41, 5.74) is -0.642. The smallest absolute Gasteiger partial charge is 0.0667 e. The summed E-state index contributed by atoms with van der Waals surface area (Å²) in [6.07, 6.45) is 6.15. The second-order valence-electron chi connectivity index (χ2n) is 5.37. The zero-order valence-electron chi connectivity index (χ0n) is 10.9. The molecule has 17 heavy (non-hydrogen) atoms. The molecule has 1 saturated carbocycles. The Bertz CT molecular complexity index is 193. The van der Waals surface area contributed by atoms with Gasteiger partial charge >= 0.3 is 0 Å². The van der Waals surface area contributed by atoms with Crippen LogP contribution >= 0.6 is 0 Å². The van der Waals surface area contributed by atoms with E-state index in [1.54, 1.807) is 0 Å². The molecule has 1 fully saturated rings. The molecular formula is C13H27NO3. The highest BCUT2D eigenvalue weighted by Crippen LogP contribution is 2.28. The van der Waals surface area contributed by atoms with Gasteiger partial charge in [-0.3, -0.25) is 0 Å². The monoisotopic (exact) mass is 245 g/mol. The molecule has 1 aliphatic rings. The lowest BCUT2D eigenvalue weighted by Gasteiger charge is -2.31. The lowest BCUT2D eigenvalue weighted by Crippen LogP contribution is -2.53. The van der Waals surface area contributed by atoms with E-state index >= 15 is 0 Å². The van der Waals surface area contributed by atoms with Gasteiger partial charge in [0.25, 0.3) is 0 Å². The van der Waals surface area contributed by atoms with Gasteiger partial charge in [-0.15, -0.1) is 0 Å². The van der Waals surface area contributed by atoms with Gasteiger partial charge in [-0.25, -0.2) is 0 Å². The molecule has 0 heterocycles. The third kappa shape index (κ3) is 4.54. The fourth-order valence-electron chi connectivity index (χ4n) is 2.56. The molecule has 0 saturated heterocycles. The maximum absolute atomic E-state index is 9.93. The summed E-state index contributed by atoms with van der Waals surface area (Å²) >= 11 is 0. The second kappa shape index (κ2) is 7.31. The predicted molar refractivity (Wildman–Crippen MR) is 67.8 cm³/mol. The minimum Gasteiger partial charge on any atom is -0.394 e. The number of β-amino-alcohol motifs (C(OH)–C–C–N with tert-alkyl or cyclic N) is 1. The Kier molecular flexibility index (Phi) is 6.41. The molecule has 1 aliphatic carbocycles. The number of hydrogen-bond donors (Lipinski definition) is 4. The van der Waals surface area contributed by atoms with Crippen molar-refractivity contribution < 1.29 is 15.3 Å². The van der Waals surface area contributed by atoms with Crippen molar-refractivity contribution in [2.45, 2.75) is 57.1 Å². The van der Waals surface area contributed by atoms with Crippen LogP contribution in [0.25, 0.3) is 0 Å². The number of rotatable bonds is 8. The van der Waals surface area contributed by atoms with Crippen LogP contribution in [0.5, 0.6) is 0 Å². The van der Waals surface area contributed by atoms with Crippen LogP contribution in [0, 0.1) is 5.92 Å². The highest BCUT2D eigenvalue weighted by molar-refractivity contribution is 4.86. The molecule has 0 aromatic heterocycles. The Hall–Kier alpha value is -0.160. The van der Waals surface area contributed by atoms with Crippen molar-refractivity contribution in [1.29, 1.82) is 0 Å². The molecule has 0 spiro atoms. The first-order valence-corrected chi connectivity index (χ1v) is 6.80. The molecule has 1 atom stereocenters. The van der Waals surface area contributed by atoms with Gasteiger partial charge in [0.2, 0.25) is 0 Å². The number of nitrogens with one attached hydrogen (secondary N) is 1. The molecule has 1 rings (SSSR count). The fraction of sp³-hybridized carbons (Fsp3) is 1.00. The van der Waals surface area contributed by atoms with Crippen LogP contribution in [0.15, 0.2) is 0 Å². The van der Waals surface area contributed by atoms with Crippen molar-refractivity contribution >= 4 is 0 Å². The van der Waals surface area contributed by atoms with Crippen molar-refractivity contribution in [3.63, 3.8) is 0 Å². The van der Waals surface area contributed by atoms with Crippen molar-refractivity contribution in [3.05, 3.63) is 0 Å². The third-order valence-corrected chi connectivity index (χ3v) is 4.07. The zero-order valence-corrected chi connectivity index (χ0v) is 10.9. The first-order valence-electron chi connectivity index (χ1n) is 6.80. The van der Waals surface area contributed by atoms with Gasteiger partial charge < -0.3 is 20.6 Å². The van der Waals surface area contributed by atoms with E-state index in [1.807, 2.05) is 6.92 Å². The quantitative estimate of drug-likeness (QED) is 0.507. The lowest BCUT2D eigenvalue weighted by atomic mass is 9.96. The van der Waals surface area contributed by atoms with Crippen LogP contribution in [0.4, 0.5) is 0 Å². The summed E-state index contributed by atoms with van der Waals surface area (Å²) in [6.45, 7) is 2.17. The molecule has 0 bridgehead atoms. The minimum atomic E-state index is -0.642. The number of hydrogen-bond acceptors (Lipinski definition) is 4. The van der Waals surface area contributed by atoms with Crippen LogP contribution in [0.1, 0.15) is 45.4 Å². The maximum atomic E-state index is 9.93. The highest BCUT2D eigenvalue weighted by atomic mass is 16.3. The molecule has 4 heteroatoms. The number of aliphatic hydroxyl groups excluding tert-OH is 3. The molecule has 4 N–H and O–H groups in total. The maximum Gasteiger partial charge on any atom is 0.0667 e. The van der Waals surface area contributed by atoms with Crippen molar-refractivity contribution in [3.8, 4) is 0 Å². The first-order chi connectivity index (χ1) is 8.15. The molecule has 0 aromatic rings. The molecule has 102 valence electrons. The van der Waals surface area contributed by atoms with Gasteiger partial charge in [0, 0.05) is 6.54 Å². The molecule has 4 nitrogen and oxygen atoms in total. The van der Waals surface area contributed by atoms with E-state index in [-0.39, 0.29) is 19.3 Å². The topological polar surface area (TPSA) is 72.7 Å². The molecule has 0 aromatic carbocycles. The van der Waals surface area contributed by atoms with Crippen LogP contribution in [0.3, 0.4) is 0 Å². The Balaban J connectivity index is 2.27. The predicted octanol–water partition coefficient (Wildman–Crippen LogP) is 0.651. The SMILES string of the molecule is CCC(CO)(CO)NCC(O)CC1CCCC1. The van der Waals surface area contributed by atoms with Crippen LogP contribution in [-0.2, 0) is 0 Å². The summed E-state index contributed by atoms with van der Waals surface area (Å²) in [5.74, 6) is 0.658. The summed E-state index contributed by atoms with van der Waals surface area (Å²) in [7, 11) is 0. The molecule has 0 radical (unpaired) electrons. The molecule has 0 aliphatic heterocycles. The standard InChI is InChI=1S/C13H27NO3/c1-2-13(9-15,10-16)14-8-12(17)7-11-5-3-4-6-11/h11-12,14-17H,2-10H2,1H3. The van der Waals surface area contributed by atoms with Crippen molar-refractivity contribution in [2.24, 2.45) is 5.92 Å². The van der Waals surface area contributed by atoms with Crippen molar-refractivity contribution in [1.82, 2.24) is 5.32 Å². The van der Waals surface area contributed by atoms with E-state index in [2.05, 4.69) is 5.32 Å². The second-order valence-corrected chi connectivity index (χ2v) is 5.37. The molecule has 1 unspecified atom stereocenters. The number of aliphatic hydroxyl groups is 3. The highest BCUT2D eigenvalue weighted by Gasteiger charge is 2.27. The average Bonchev–Trinajstić information content (AvgIpc) is 2.84. The van der Waals surface area contributed by atoms with Gasteiger partial charge in [0.05, 0.1) is 24.9 Å². The van der Waals surface area contributed by atoms with E-state index in [4.69, 9.17) is 0 Å². The van der Waals surface area contributed by atoms with Crippen LogP contribution in [-0.4, -0.2) is 46.7 Å². The van der Waals surface area contributed by atoms with Crippen molar-refractivity contribution in [2.75, 3.05) is 19.8 Å². The Morgan fingerprint density at radius 2 is 1.82 bits per heavy atom. The Morgan fingerprint density at radius 1 is 1.24 bits per heavy atom. The van der Waals surface area contributed by atoms with Gasteiger partial charge in [-0.1, -0.05) is 32.6 Å². The van der Waals surface area contributed by atoms with Gasteiger partial charge in [0.1, 0.15) is 0 Å². The van der Waals surface area contributed by atoms with E-state index < -0.39 is 5.54 Å². The molecule has 0 amide bonds. The van der Waals surface area contributed by atoms with E-state index in [1.165, 1.54) is 25.7 Å². The zero-order chi connectivity index (χ0) is 12.7. The summed E-state index contributed by atoms with van der Waals surface area (Å²) < 4.78 is 0. The van der Waals surface area contributed by atoms with E-state index in [0.717, 1.165) is 6.42 Å². The normalized spacial score (nSPS) is 19.8. The van der Waals surface area contributed by atoms with E-state index in [0.29, 0.717) is 18.9 Å². The summed E-state index contributed by atoms with van der Waals surface area (Å²) in [4.78, 5) is 0. The van der Waals surface area contributed by atoms with Gasteiger partial charge in [0.15, 0.2) is 0 Å². The minimum absolute atomic E-state index is 0.101. The lowest BCUT2D eigenvalue weighted by molar-refractivity contribution is 0.0653.